The number of hydrogen-bond donors (Lipinski definition) is 1. The molecule has 0 bridgehead atoms. The van der Waals surface area contributed by atoms with Gasteiger partial charge in [-0.05, 0) is 63.3 Å². The number of hydrogen-bond acceptors (Lipinski definition) is 3. The summed E-state index contributed by atoms with van der Waals surface area (Å²) in [6.07, 6.45) is 1.61. The van der Waals surface area contributed by atoms with Gasteiger partial charge in [-0.1, -0.05) is 15.9 Å². The zero-order chi connectivity index (χ0) is 15.6. The van der Waals surface area contributed by atoms with Crippen LogP contribution in [0.25, 0.3) is 0 Å². The Labute approximate surface area is 134 Å². The van der Waals surface area contributed by atoms with Gasteiger partial charge < -0.3 is 15.4 Å². The Morgan fingerprint density at radius 2 is 1.95 bits per heavy atom. The van der Waals surface area contributed by atoms with E-state index in [-0.39, 0.29) is 6.09 Å². The molecule has 0 spiro atoms. The highest BCUT2D eigenvalue weighted by molar-refractivity contribution is 9.10. The van der Waals surface area contributed by atoms with Crippen molar-refractivity contribution < 1.29 is 9.53 Å². The molecule has 1 heterocycles. The largest absolute Gasteiger partial charge is 0.444 e. The molecule has 1 aromatic rings. The SMILES string of the molecule is CC(C)(C)OC(=O)N1CCC(c2cc(Br)ccc2N)CC1. The number of halogens is 1. The summed E-state index contributed by atoms with van der Waals surface area (Å²) < 4.78 is 6.46. The summed E-state index contributed by atoms with van der Waals surface area (Å²) >= 11 is 3.49. The van der Waals surface area contributed by atoms with Crippen molar-refractivity contribution in [3.63, 3.8) is 0 Å². The van der Waals surface area contributed by atoms with E-state index in [4.69, 9.17) is 10.5 Å². The first kappa shape index (κ1) is 16.1. The molecule has 0 saturated carbocycles. The van der Waals surface area contributed by atoms with E-state index in [0.717, 1.165) is 23.0 Å². The van der Waals surface area contributed by atoms with Crippen molar-refractivity contribution >= 4 is 27.7 Å². The summed E-state index contributed by atoms with van der Waals surface area (Å²) in [5.41, 5.74) is 7.63. The molecule has 5 heteroatoms. The Hall–Kier alpha value is -1.23. The number of nitrogens with zero attached hydrogens (tertiary/aromatic N) is 1. The molecule has 1 fully saturated rings. The number of likely N-dealkylation sites (tertiary alicyclic amines) is 1. The van der Waals surface area contributed by atoms with Gasteiger partial charge in [-0.2, -0.15) is 0 Å². The van der Waals surface area contributed by atoms with Crippen molar-refractivity contribution in [2.45, 2.75) is 45.1 Å². The van der Waals surface area contributed by atoms with Crippen molar-refractivity contribution in [2.24, 2.45) is 0 Å². The molecule has 0 atom stereocenters. The topological polar surface area (TPSA) is 55.6 Å². The highest BCUT2D eigenvalue weighted by Gasteiger charge is 2.28. The maximum atomic E-state index is 12.0. The van der Waals surface area contributed by atoms with E-state index in [1.165, 1.54) is 5.56 Å². The number of ether oxygens (including phenoxy) is 1. The molecular weight excluding hydrogens is 332 g/mol. The molecule has 1 aliphatic rings. The van der Waals surface area contributed by atoms with Gasteiger partial charge in [0, 0.05) is 23.2 Å². The molecule has 0 radical (unpaired) electrons. The smallest absolute Gasteiger partial charge is 0.410 e. The molecule has 0 aliphatic carbocycles. The number of amides is 1. The number of carbonyl (C=O) groups is 1. The second-order valence-corrected chi connectivity index (χ2v) is 7.43. The maximum absolute atomic E-state index is 12.0. The Kier molecular flexibility index (Phi) is 4.81. The van der Waals surface area contributed by atoms with Gasteiger partial charge in [0.1, 0.15) is 5.60 Å². The third kappa shape index (κ3) is 4.37. The van der Waals surface area contributed by atoms with Crippen LogP contribution in [0.15, 0.2) is 22.7 Å². The zero-order valence-corrected chi connectivity index (χ0v) is 14.4. The minimum absolute atomic E-state index is 0.219. The van der Waals surface area contributed by atoms with Crippen LogP contribution in [0.1, 0.15) is 45.1 Å². The summed E-state index contributed by atoms with van der Waals surface area (Å²) in [6, 6.07) is 5.97. The van der Waals surface area contributed by atoms with Gasteiger partial charge in [-0.3, -0.25) is 0 Å². The molecule has 21 heavy (non-hydrogen) atoms. The van der Waals surface area contributed by atoms with Crippen molar-refractivity contribution in [3.05, 3.63) is 28.2 Å². The number of carbonyl (C=O) groups excluding carboxylic acids is 1. The summed E-state index contributed by atoms with van der Waals surface area (Å²) in [5, 5.41) is 0. The monoisotopic (exact) mass is 354 g/mol. The van der Waals surface area contributed by atoms with Crippen LogP contribution in [0.2, 0.25) is 0 Å². The molecule has 1 aromatic carbocycles. The Morgan fingerprint density at radius 1 is 1.33 bits per heavy atom. The first-order valence-corrected chi connectivity index (χ1v) is 8.08. The van der Waals surface area contributed by atoms with Crippen LogP contribution in [-0.4, -0.2) is 29.7 Å². The fourth-order valence-corrected chi connectivity index (χ4v) is 2.98. The average molecular weight is 355 g/mol. The van der Waals surface area contributed by atoms with Gasteiger partial charge in [0.05, 0.1) is 0 Å². The Morgan fingerprint density at radius 3 is 2.52 bits per heavy atom. The number of piperidine rings is 1. The molecule has 2 N–H and O–H groups in total. The van der Waals surface area contributed by atoms with E-state index < -0.39 is 5.60 Å². The van der Waals surface area contributed by atoms with Crippen LogP contribution in [0.5, 0.6) is 0 Å². The highest BCUT2D eigenvalue weighted by Crippen LogP contribution is 2.33. The zero-order valence-electron chi connectivity index (χ0n) is 12.9. The lowest BCUT2D eigenvalue weighted by Crippen LogP contribution is -2.41. The molecule has 0 aromatic heterocycles. The van der Waals surface area contributed by atoms with E-state index in [0.29, 0.717) is 19.0 Å². The molecule has 2 rings (SSSR count). The van der Waals surface area contributed by atoms with Crippen molar-refractivity contribution in [3.8, 4) is 0 Å². The van der Waals surface area contributed by atoms with E-state index in [1.807, 2.05) is 32.9 Å². The quantitative estimate of drug-likeness (QED) is 0.770. The van der Waals surface area contributed by atoms with Crippen LogP contribution in [0, 0.1) is 0 Å². The van der Waals surface area contributed by atoms with Crippen LogP contribution in [0.4, 0.5) is 10.5 Å². The number of rotatable bonds is 1. The van der Waals surface area contributed by atoms with Gasteiger partial charge in [0.25, 0.3) is 0 Å². The van der Waals surface area contributed by atoms with Gasteiger partial charge >= 0.3 is 6.09 Å². The van der Waals surface area contributed by atoms with E-state index in [1.54, 1.807) is 4.90 Å². The molecular formula is C16H23BrN2O2. The standard InChI is InChI=1S/C16H23BrN2O2/c1-16(2,3)21-15(20)19-8-6-11(7-9-19)13-10-12(17)4-5-14(13)18/h4-5,10-11H,6-9,18H2,1-3H3. The lowest BCUT2D eigenvalue weighted by atomic mass is 9.88. The van der Waals surface area contributed by atoms with Crippen molar-refractivity contribution in [1.29, 1.82) is 0 Å². The maximum Gasteiger partial charge on any atom is 0.410 e. The Balaban J connectivity index is 1.97. The predicted molar refractivity (Wildman–Crippen MR) is 88.3 cm³/mol. The lowest BCUT2D eigenvalue weighted by molar-refractivity contribution is 0.0205. The predicted octanol–water partition coefficient (Wildman–Crippen LogP) is 4.15. The molecule has 1 saturated heterocycles. The van der Waals surface area contributed by atoms with E-state index in [2.05, 4.69) is 22.0 Å². The summed E-state index contributed by atoms with van der Waals surface area (Å²) in [4.78, 5) is 13.8. The van der Waals surface area contributed by atoms with Crippen LogP contribution in [0.3, 0.4) is 0 Å². The van der Waals surface area contributed by atoms with Crippen molar-refractivity contribution in [2.75, 3.05) is 18.8 Å². The van der Waals surface area contributed by atoms with E-state index in [9.17, 15) is 4.79 Å². The number of anilines is 1. The first-order valence-electron chi connectivity index (χ1n) is 7.29. The van der Waals surface area contributed by atoms with Crippen molar-refractivity contribution in [1.82, 2.24) is 4.90 Å². The molecule has 4 nitrogen and oxygen atoms in total. The minimum Gasteiger partial charge on any atom is -0.444 e. The van der Waals surface area contributed by atoms with Crippen LogP contribution < -0.4 is 5.73 Å². The average Bonchev–Trinajstić information content (AvgIpc) is 2.40. The third-order valence-corrected chi connectivity index (χ3v) is 4.13. The molecule has 1 amide bonds. The van der Waals surface area contributed by atoms with Crippen LogP contribution >= 0.6 is 15.9 Å². The summed E-state index contributed by atoms with van der Waals surface area (Å²) in [6.45, 7) is 7.09. The molecule has 116 valence electrons. The normalized spacial score (nSPS) is 16.9. The minimum atomic E-state index is -0.442. The van der Waals surface area contributed by atoms with Gasteiger partial charge in [-0.15, -0.1) is 0 Å². The third-order valence-electron chi connectivity index (χ3n) is 3.64. The second kappa shape index (κ2) is 6.26. The van der Waals surface area contributed by atoms with Gasteiger partial charge in [-0.25, -0.2) is 4.79 Å². The van der Waals surface area contributed by atoms with E-state index >= 15 is 0 Å². The fraction of sp³-hybridized carbons (Fsp3) is 0.562. The fourth-order valence-electron chi connectivity index (χ4n) is 2.60. The summed E-state index contributed by atoms with van der Waals surface area (Å²) in [7, 11) is 0. The summed E-state index contributed by atoms with van der Waals surface area (Å²) in [5.74, 6) is 0.404. The number of nitrogens with two attached hydrogens (primary N) is 1. The first-order chi connectivity index (χ1) is 9.76. The number of benzene rings is 1. The van der Waals surface area contributed by atoms with Gasteiger partial charge in [0.2, 0.25) is 0 Å². The molecule has 0 unspecified atom stereocenters. The Bertz CT molecular complexity index is 517. The lowest BCUT2D eigenvalue weighted by Gasteiger charge is -2.34. The second-order valence-electron chi connectivity index (χ2n) is 6.51. The van der Waals surface area contributed by atoms with Crippen LogP contribution in [-0.2, 0) is 4.74 Å². The highest BCUT2D eigenvalue weighted by atomic mass is 79.9. The number of nitrogen functional groups attached to an aromatic ring is 1. The van der Waals surface area contributed by atoms with Gasteiger partial charge in [0.15, 0.2) is 0 Å². The molecule has 1 aliphatic heterocycles.